The third-order valence-electron chi connectivity index (χ3n) is 4.25. The summed E-state index contributed by atoms with van der Waals surface area (Å²) in [6, 6.07) is 2.83. The molecule has 3 rings (SSSR count). The number of halogens is 2. The molecule has 0 spiro atoms. The van der Waals surface area contributed by atoms with Gasteiger partial charge in [-0.15, -0.1) is 0 Å². The molecule has 1 amide bonds. The van der Waals surface area contributed by atoms with Crippen LogP contribution in [0.25, 0.3) is 0 Å². The molecule has 1 aliphatic rings. The van der Waals surface area contributed by atoms with Crippen molar-refractivity contribution in [2.45, 2.75) is 44.4 Å². The lowest BCUT2D eigenvalue weighted by Crippen LogP contribution is -2.21. The standard InChI is InChI=1S/C16H19F2N5O3/c17-16(18)26-13-6-1-9(7-20-13)21-15-12(14(19)25)8-23(22-15)10-2-4-11(24)5-3-10/h1,6-8,10-11,16,24H,2-5H2,(H2,19,25)(H,21,22). The number of ether oxygens (including phenoxy) is 1. The van der Waals surface area contributed by atoms with Gasteiger partial charge in [0, 0.05) is 12.3 Å². The molecule has 2 aromatic rings. The van der Waals surface area contributed by atoms with E-state index in [0.29, 0.717) is 18.5 Å². The van der Waals surface area contributed by atoms with Gasteiger partial charge < -0.3 is 20.9 Å². The minimum Gasteiger partial charge on any atom is -0.417 e. The van der Waals surface area contributed by atoms with E-state index in [2.05, 4.69) is 20.1 Å². The van der Waals surface area contributed by atoms with Crippen LogP contribution in [0.2, 0.25) is 0 Å². The fourth-order valence-corrected chi connectivity index (χ4v) is 2.93. The summed E-state index contributed by atoms with van der Waals surface area (Å²) < 4.78 is 30.2. The summed E-state index contributed by atoms with van der Waals surface area (Å²) in [4.78, 5) is 15.5. The second-order valence-electron chi connectivity index (χ2n) is 6.09. The van der Waals surface area contributed by atoms with Gasteiger partial charge in [0.1, 0.15) is 5.56 Å². The number of aromatic nitrogens is 3. The summed E-state index contributed by atoms with van der Waals surface area (Å²) >= 11 is 0. The van der Waals surface area contributed by atoms with Crippen LogP contribution >= 0.6 is 0 Å². The van der Waals surface area contributed by atoms with Crippen LogP contribution in [0.3, 0.4) is 0 Å². The number of hydrogen-bond acceptors (Lipinski definition) is 6. The van der Waals surface area contributed by atoms with Crippen molar-refractivity contribution in [1.29, 1.82) is 0 Å². The number of aliphatic hydroxyl groups excluding tert-OH is 1. The maximum absolute atomic E-state index is 12.2. The SMILES string of the molecule is NC(=O)c1cn(C2CCC(O)CC2)nc1Nc1ccc(OC(F)F)nc1. The first-order chi connectivity index (χ1) is 12.4. The number of primary amides is 1. The number of rotatable bonds is 6. The topological polar surface area (TPSA) is 115 Å². The molecule has 2 heterocycles. The molecule has 1 saturated carbocycles. The van der Waals surface area contributed by atoms with Gasteiger partial charge in [-0.1, -0.05) is 0 Å². The molecule has 1 fully saturated rings. The van der Waals surface area contributed by atoms with Crippen molar-refractivity contribution in [3.63, 3.8) is 0 Å². The Morgan fingerprint density at radius 1 is 1.35 bits per heavy atom. The predicted octanol–water partition coefficient (Wildman–Crippen LogP) is 2.20. The first-order valence-corrected chi connectivity index (χ1v) is 8.17. The lowest BCUT2D eigenvalue weighted by atomic mass is 9.93. The first-order valence-electron chi connectivity index (χ1n) is 8.17. The molecule has 0 bridgehead atoms. The molecule has 0 aliphatic heterocycles. The van der Waals surface area contributed by atoms with Crippen LogP contribution in [-0.2, 0) is 0 Å². The summed E-state index contributed by atoms with van der Waals surface area (Å²) in [5.74, 6) is -0.597. The van der Waals surface area contributed by atoms with Gasteiger partial charge in [-0.2, -0.15) is 13.9 Å². The Kier molecular flexibility index (Phi) is 5.31. The molecule has 26 heavy (non-hydrogen) atoms. The Balaban J connectivity index is 1.77. The normalized spacial score (nSPS) is 20.2. The highest BCUT2D eigenvalue weighted by Gasteiger charge is 2.24. The number of amides is 1. The zero-order valence-corrected chi connectivity index (χ0v) is 13.8. The Morgan fingerprint density at radius 3 is 2.65 bits per heavy atom. The molecule has 0 saturated heterocycles. The van der Waals surface area contributed by atoms with Crippen molar-refractivity contribution in [1.82, 2.24) is 14.8 Å². The third kappa shape index (κ3) is 4.26. The monoisotopic (exact) mass is 367 g/mol. The number of nitrogens with two attached hydrogens (primary N) is 1. The Labute approximate surface area is 148 Å². The number of hydrogen-bond donors (Lipinski definition) is 3. The van der Waals surface area contributed by atoms with Crippen LogP contribution in [0.5, 0.6) is 5.88 Å². The molecule has 10 heteroatoms. The Bertz CT molecular complexity index is 758. The zero-order valence-electron chi connectivity index (χ0n) is 13.8. The van der Waals surface area contributed by atoms with E-state index in [-0.39, 0.29) is 29.4 Å². The van der Waals surface area contributed by atoms with Crippen molar-refractivity contribution in [2.75, 3.05) is 5.32 Å². The molecular weight excluding hydrogens is 348 g/mol. The third-order valence-corrected chi connectivity index (χ3v) is 4.25. The van der Waals surface area contributed by atoms with Gasteiger partial charge in [-0.3, -0.25) is 9.48 Å². The summed E-state index contributed by atoms with van der Waals surface area (Å²) in [6.07, 6.45) is 5.43. The van der Waals surface area contributed by atoms with E-state index in [1.165, 1.54) is 18.3 Å². The summed E-state index contributed by atoms with van der Waals surface area (Å²) in [6.45, 7) is -2.95. The average molecular weight is 367 g/mol. The number of anilines is 2. The average Bonchev–Trinajstić information content (AvgIpc) is 3.01. The lowest BCUT2D eigenvalue weighted by molar-refractivity contribution is -0.0528. The van der Waals surface area contributed by atoms with Crippen molar-refractivity contribution < 1.29 is 23.4 Å². The van der Waals surface area contributed by atoms with E-state index in [9.17, 15) is 18.7 Å². The van der Waals surface area contributed by atoms with E-state index in [4.69, 9.17) is 5.73 Å². The molecule has 0 aromatic carbocycles. The smallest absolute Gasteiger partial charge is 0.388 e. The molecule has 140 valence electrons. The highest BCUT2D eigenvalue weighted by Crippen LogP contribution is 2.30. The van der Waals surface area contributed by atoms with Gasteiger partial charge in [-0.25, -0.2) is 4.98 Å². The van der Waals surface area contributed by atoms with Crippen molar-refractivity contribution in [3.05, 3.63) is 30.1 Å². The maximum atomic E-state index is 12.2. The number of alkyl halides is 2. The minimum absolute atomic E-state index is 0.0759. The largest absolute Gasteiger partial charge is 0.417 e. The van der Waals surface area contributed by atoms with Crippen LogP contribution in [-0.4, -0.2) is 38.5 Å². The lowest BCUT2D eigenvalue weighted by Gasteiger charge is -2.25. The quantitative estimate of drug-likeness (QED) is 0.721. The summed E-state index contributed by atoms with van der Waals surface area (Å²) in [5, 5.41) is 16.9. The van der Waals surface area contributed by atoms with Crippen LogP contribution in [0.15, 0.2) is 24.5 Å². The van der Waals surface area contributed by atoms with Gasteiger partial charge in [0.2, 0.25) is 5.88 Å². The number of aliphatic hydroxyl groups is 1. The molecule has 2 aromatic heterocycles. The molecule has 4 N–H and O–H groups in total. The van der Waals surface area contributed by atoms with E-state index >= 15 is 0 Å². The minimum atomic E-state index is -2.95. The molecule has 1 aliphatic carbocycles. The zero-order chi connectivity index (χ0) is 18.7. The second-order valence-corrected chi connectivity index (χ2v) is 6.09. The van der Waals surface area contributed by atoms with E-state index in [0.717, 1.165) is 12.8 Å². The number of pyridine rings is 1. The molecular formula is C16H19F2N5O3. The molecule has 0 radical (unpaired) electrons. The van der Waals surface area contributed by atoms with Crippen LogP contribution < -0.4 is 15.8 Å². The molecule has 8 nitrogen and oxygen atoms in total. The van der Waals surface area contributed by atoms with E-state index in [1.54, 1.807) is 10.9 Å². The number of carbonyl (C=O) groups excluding carboxylic acids is 1. The number of nitrogens with zero attached hydrogens (tertiary/aromatic N) is 3. The first kappa shape index (κ1) is 18.1. The Morgan fingerprint density at radius 2 is 2.08 bits per heavy atom. The van der Waals surface area contributed by atoms with E-state index < -0.39 is 12.5 Å². The highest BCUT2D eigenvalue weighted by atomic mass is 19.3. The van der Waals surface area contributed by atoms with Crippen LogP contribution in [0.4, 0.5) is 20.3 Å². The predicted molar refractivity (Wildman–Crippen MR) is 88.4 cm³/mol. The fourth-order valence-electron chi connectivity index (χ4n) is 2.93. The van der Waals surface area contributed by atoms with Gasteiger partial charge in [0.05, 0.1) is 24.0 Å². The van der Waals surface area contributed by atoms with Gasteiger partial charge >= 0.3 is 6.61 Å². The van der Waals surface area contributed by atoms with E-state index in [1.807, 2.05) is 0 Å². The number of carbonyl (C=O) groups is 1. The molecule has 0 atom stereocenters. The van der Waals surface area contributed by atoms with Crippen LogP contribution in [0, 0.1) is 0 Å². The van der Waals surface area contributed by atoms with Gasteiger partial charge in [-0.05, 0) is 31.7 Å². The fraction of sp³-hybridized carbons (Fsp3) is 0.438. The maximum Gasteiger partial charge on any atom is 0.388 e. The van der Waals surface area contributed by atoms with Crippen molar-refractivity contribution >= 4 is 17.4 Å². The van der Waals surface area contributed by atoms with Crippen molar-refractivity contribution in [3.8, 4) is 5.88 Å². The Hall–Kier alpha value is -2.75. The van der Waals surface area contributed by atoms with Gasteiger partial charge in [0.15, 0.2) is 5.82 Å². The second kappa shape index (κ2) is 7.65. The van der Waals surface area contributed by atoms with Crippen LogP contribution in [0.1, 0.15) is 42.1 Å². The number of nitrogens with one attached hydrogen (secondary N) is 1. The van der Waals surface area contributed by atoms with Crippen molar-refractivity contribution in [2.24, 2.45) is 5.73 Å². The molecule has 0 unspecified atom stereocenters. The highest BCUT2D eigenvalue weighted by molar-refractivity contribution is 5.98. The summed E-state index contributed by atoms with van der Waals surface area (Å²) in [5.41, 5.74) is 6.08. The van der Waals surface area contributed by atoms with Gasteiger partial charge in [0.25, 0.3) is 5.91 Å². The summed E-state index contributed by atoms with van der Waals surface area (Å²) in [7, 11) is 0.